The van der Waals surface area contributed by atoms with Gasteiger partial charge in [-0.15, -0.1) is 11.8 Å². The summed E-state index contributed by atoms with van der Waals surface area (Å²) in [6.45, 7) is 5.01. The Kier molecular flexibility index (Phi) is 11.1. The van der Waals surface area contributed by atoms with Gasteiger partial charge in [0.05, 0.1) is 19.6 Å². The Morgan fingerprint density at radius 2 is 1.74 bits per heavy atom. The van der Waals surface area contributed by atoms with E-state index in [4.69, 9.17) is 9.47 Å². The summed E-state index contributed by atoms with van der Waals surface area (Å²) in [5, 5.41) is 3.07. The van der Waals surface area contributed by atoms with Crippen LogP contribution in [-0.4, -0.2) is 54.6 Å². The van der Waals surface area contributed by atoms with E-state index in [-0.39, 0.29) is 17.2 Å². The molecular formula is C24H38N2O4S. The van der Waals surface area contributed by atoms with Crippen LogP contribution in [0.3, 0.4) is 0 Å². The molecule has 174 valence electrons. The molecule has 0 radical (unpaired) electrons. The first-order valence-corrected chi connectivity index (χ1v) is 12.6. The summed E-state index contributed by atoms with van der Waals surface area (Å²) >= 11 is 1.71. The minimum absolute atomic E-state index is 0.0167. The second-order valence-electron chi connectivity index (χ2n) is 7.93. The molecule has 7 heteroatoms. The predicted octanol–water partition coefficient (Wildman–Crippen LogP) is 4.86. The highest BCUT2D eigenvalue weighted by atomic mass is 32.2. The molecule has 0 bridgehead atoms. The smallest absolute Gasteiger partial charge is 0.255 e. The largest absolute Gasteiger partial charge is 0.493 e. The number of unbranched alkanes of at least 4 members (excludes halogenated alkanes) is 5. The number of hydrogen-bond acceptors (Lipinski definition) is 5. The maximum Gasteiger partial charge on any atom is 0.255 e. The van der Waals surface area contributed by atoms with Crippen molar-refractivity contribution in [3.63, 3.8) is 0 Å². The minimum atomic E-state index is -0.441. The van der Waals surface area contributed by atoms with Crippen LogP contribution in [0.1, 0.15) is 75.6 Å². The average Bonchev–Trinajstić information content (AvgIpc) is 3.21. The minimum Gasteiger partial charge on any atom is -0.493 e. The lowest BCUT2D eigenvalue weighted by atomic mass is 10.1. The zero-order chi connectivity index (χ0) is 22.6. The van der Waals surface area contributed by atoms with Crippen molar-refractivity contribution in [3.8, 4) is 11.5 Å². The van der Waals surface area contributed by atoms with Gasteiger partial charge in [0.15, 0.2) is 11.5 Å². The SMILES string of the molecule is CCCCCCNC(=O)C1CSC(CCCCC)N1C(=O)c1ccc(OC)c(OC)c1. The fourth-order valence-corrected chi connectivity index (χ4v) is 5.28. The monoisotopic (exact) mass is 450 g/mol. The van der Waals surface area contributed by atoms with Crippen LogP contribution in [0.2, 0.25) is 0 Å². The molecule has 1 aliphatic rings. The Bertz CT molecular complexity index is 713. The van der Waals surface area contributed by atoms with Crippen LogP contribution in [0.4, 0.5) is 0 Å². The molecule has 2 atom stereocenters. The maximum atomic E-state index is 13.5. The van der Waals surface area contributed by atoms with Gasteiger partial charge in [0.2, 0.25) is 5.91 Å². The summed E-state index contributed by atoms with van der Waals surface area (Å²) in [6.07, 6.45) is 8.64. The van der Waals surface area contributed by atoms with Crippen LogP contribution in [0.15, 0.2) is 18.2 Å². The molecule has 1 fully saturated rings. The lowest BCUT2D eigenvalue weighted by molar-refractivity contribution is -0.124. The van der Waals surface area contributed by atoms with Crippen molar-refractivity contribution in [2.45, 2.75) is 76.6 Å². The number of nitrogens with one attached hydrogen (secondary N) is 1. The van der Waals surface area contributed by atoms with Crippen molar-refractivity contribution < 1.29 is 19.1 Å². The second-order valence-corrected chi connectivity index (χ2v) is 9.14. The third-order valence-corrected chi connectivity index (χ3v) is 7.00. The lowest BCUT2D eigenvalue weighted by Gasteiger charge is -2.29. The van der Waals surface area contributed by atoms with Crippen molar-refractivity contribution in [3.05, 3.63) is 23.8 Å². The van der Waals surface area contributed by atoms with Crippen LogP contribution in [-0.2, 0) is 4.79 Å². The lowest BCUT2D eigenvalue weighted by Crippen LogP contribution is -2.50. The van der Waals surface area contributed by atoms with E-state index >= 15 is 0 Å². The molecule has 1 N–H and O–H groups in total. The quantitative estimate of drug-likeness (QED) is 0.435. The molecule has 6 nitrogen and oxygen atoms in total. The molecule has 1 aromatic rings. The number of ether oxygens (including phenoxy) is 2. The zero-order valence-electron chi connectivity index (χ0n) is 19.4. The molecular weight excluding hydrogens is 412 g/mol. The van der Waals surface area contributed by atoms with Crippen LogP contribution in [0.5, 0.6) is 11.5 Å². The third-order valence-electron chi connectivity index (χ3n) is 5.64. The fraction of sp³-hybridized carbons (Fsp3) is 0.667. The van der Waals surface area contributed by atoms with Crippen LogP contribution < -0.4 is 14.8 Å². The van der Waals surface area contributed by atoms with E-state index in [1.54, 1.807) is 49.1 Å². The Balaban J connectivity index is 2.16. The molecule has 0 aliphatic carbocycles. The van der Waals surface area contributed by atoms with Crippen molar-refractivity contribution in [1.29, 1.82) is 0 Å². The fourth-order valence-electron chi connectivity index (χ4n) is 3.83. The van der Waals surface area contributed by atoms with Gasteiger partial charge in [-0.1, -0.05) is 52.4 Å². The van der Waals surface area contributed by atoms with E-state index in [1.165, 1.54) is 12.8 Å². The van der Waals surface area contributed by atoms with Gasteiger partial charge in [-0.25, -0.2) is 0 Å². The first kappa shape index (κ1) is 25.4. The van der Waals surface area contributed by atoms with Crippen molar-refractivity contribution in [2.75, 3.05) is 26.5 Å². The van der Waals surface area contributed by atoms with Crippen molar-refractivity contribution >= 4 is 23.6 Å². The van der Waals surface area contributed by atoms with E-state index < -0.39 is 6.04 Å². The van der Waals surface area contributed by atoms with Gasteiger partial charge in [-0.05, 0) is 31.0 Å². The Hall–Kier alpha value is -1.89. The van der Waals surface area contributed by atoms with Gasteiger partial charge in [-0.3, -0.25) is 9.59 Å². The van der Waals surface area contributed by atoms with E-state index in [9.17, 15) is 9.59 Å². The summed E-state index contributed by atoms with van der Waals surface area (Å²) in [6, 6.07) is 4.75. The summed E-state index contributed by atoms with van der Waals surface area (Å²) in [7, 11) is 3.13. The Labute approximate surface area is 191 Å². The number of amides is 2. The summed E-state index contributed by atoms with van der Waals surface area (Å²) in [4.78, 5) is 28.3. The van der Waals surface area contributed by atoms with E-state index in [0.717, 1.165) is 38.5 Å². The molecule has 1 aliphatic heterocycles. The normalized spacial score (nSPS) is 18.1. The van der Waals surface area contributed by atoms with E-state index in [2.05, 4.69) is 19.2 Å². The first-order chi connectivity index (χ1) is 15.1. The molecule has 31 heavy (non-hydrogen) atoms. The molecule has 2 unspecified atom stereocenters. The standard InChI is InChI=1S/C24H38N2O4S/c1-5-7-9-11-15-25-23(27)19-17-31-22(12-10-8-6-2)26(19)24(28)18-13-14-20(29-3)21(16-18)30-4/h13-14,16,19,22H,5-12,15,17H2,1-4H3,(H,25,27). The summed E-state index contributed by atoms with van der Waals surface area (Å²) in [5.74, 6) is 1.56. The number of rotatable bonds is 13. The maximum absolute atomic E-state index is 13.5. The first-order valence-electron chi connectivity index (χ1n) is 11.5. The Morgan fingerprint density at radius 1 is 1.03 bits per heavy atom. The molecule has 2 rings (SSSR count). The highest BCUT2D eigenvalue weighted by Crippen LogP contribution is 2.35. The zero-order valence-corrected chi connectivity index (χ0v) is 20.3. The van der Waals surface area contributed by atoms with Gasteiger partial charge in [-0.2, -0.15) is 0 Å². The van der Waals surface area contributed by atoms with E-state index in [0.29, 0.717) is 29.4 Å². The second kappa shape index (κ2) is 13.5. The third kappa shape index (κ3) is 7.06. The van der Waals surface area contributed by atoms with Crippen LogP contribution >= 0.6 is 11.8 Å². The summed E-state index contributed by atoms with van der Waals surface area (Å²) < 4.78 is 10.7. The van der Waals surface area contributed by atoms with Gasteiger partial charge < -0.3 is 19.7 Å². The number of carbonyl (C=O) groups excluding carboxylic acids is 2. The highest BCUT2D eigenvalue weighted by molar-refractivity contribution is 8.00. The topological polar surface area (TPSA) is 67.9 Å². The molecule has 1 saturated heterocycles. The van der Waals surface area contributed by atoms with Crippen molar-refractivity contribution in [1.82, 2.24) is 10.2 Å². The number of carbonyl (C=O) groups is 2. The average molecular weight is 451 g/mol. The molecule has 0 saturated carbocycles. The van der Waals surface area contributed by atoms with Crippen LogP contribution in [0.25, 0.3) is 0 Å². The van der Waals surface area contributed by atoms with Gasteiger partial charge in [0.25, 0.3) is 5.91 Å². The molecule has 1 heterocycles. The molecule has 0 aromatic heterocycles. The van der Waals surface area contributed by atoms with Gasteiger partial charge in [0, 0.05) is 17.9 Å². The van der Waals surface area contributed by atoms with E-state index in [1.807, 2.05) is 0 Å². The molecule has 2 amide bonds. The number of nitrogens with zero attached hydrogens (tertiary/aromatic N) is 1. The molecule has 0 spiro atoms. The number of methoxy groups -OCH3 is 2. The van der Waals surface area contributed by atoms with Gasteiger partial charge in [0.1, 0.15) is 6.04 Å². The molecule has 1 aromatic carbocycles. The number of benzene rings is 1. The highest BCUT2D eigenvalue weighted by Gasteiger charge is 2.41. The van der Waals surface area contributed by atoms with Crippen LogP contribution in [0, 0.1) is 0 Å². The summed E-state index contributed by atoms with van der Waals surface area (Å²) in [5.41, 5.74) is 0.515. The number of thioether (sulfide) groups is 1. The predicted molar refractivity (Wildman–Crippen MR) is 127 cm³/mol. The van der Waals surface area contributed by atoms with Gasteiger partial charge >= 0.3 is 0 Å². The Morgan fingerprint density at radius 3 is 2.42 bits per heavy atom. The van der Waals surface area contributed by atoms with Crippen molar-refractivity contribution in [2.24, 2.45) is 0 Å². The number of hydrogen-bond donors (Lipinski definition) is 1.